The fourth-order valence-corrected chi connectivity index (χ4v) is 4.80. The van der Waals surface area contributed by atoms with Crippen LogP contribution in [0.25, 0.3) is 0 Å². The highest BCUT2D eigenvalue weighted by Crippen LogP contribution is 2.40. The number of benzene rings is 1. The Morgan fingerprint density at radius 1 is 1.14 bits per heavy atom. The fraction of sp³-hybridized carbons (Fsp3) is 0.476. The molecular formula is C21H26N6O2. The number of ether oxygens (including phenoxy) is 1. The summed E-state index contributed by atoms with van der Waals surface area (Å²) in [5.41, 5.74) is 9.27. The van der Waals surface area contributed by atoms with E-state index in [0.29, 0.717) is 13.1 Å². The summed E-state index contributed by atoms with van der Waals surface area (Å²) in [6.45, 7) is 2.90. The molecule has 8 nitrogen and oxygen atoms in total. The monoisotopic (exact) mass is 394 g/mol. The first kappa shape index (κ1) is 18.3. The van der Waals surface area contributed by atoms with Crippen LogP contribution in [0, 0.1) is 5.92 Å². The molecule has 2 N–H and O–H groups in total. The number of aromatic nitrogens is 2. The van der Waals surface area contributed by atoms with Crippen LogP contribution in [-0.2, 0) is 11.2 Å². The van der Waals surface area contributed by atoms with E-state index in [-0.39, 0.29) is 23.9 Å². The van der Waals surface area contributed by atoms with Crippen molar-refractivity contribution in [3.8, 4) is 5.75 Å². The number of carbonyl (C=O) groups is 1. The van der Waals surface area contributed by atoms with Gasteiger partial charge in [-0.15, -0.1) is 0 Å². The Morgan fingerprint density at radius 3 is 2.69 bits per heavy atom. The van der Waals surface area contributed by atoms with Crippen LogP contribution < -0.4 is 20.5 Å². The number of hydrogen-bond donors (Lipinski definition) is 2. The molecule has 152 valence electrons. The van der Waals surface area contributed by atoms with Gasteiger partial charge in [0.25, 0.3) is 0 Å². The third-order valence-electron chi connectivity index (χ3n) is 6.38. The van der Waals surface area contributed by atoms with E-state index in [2.05, 4.69) is 37.9 Å². The van der Waals surface area contributed by atoms with E-state index in [9.17, 15) is 4.79 Å². The quantitative estimate of drug-likeness (QED) is 0.801. The van der Waals surface area contributed by atoms with Gasteiger partial charge in [-0.3, -0.25) is 4.79 Å². The molecule has 1 amide bonds. The third-order valence-corrected chi connectivity index (χ3v) is 6.38. The van der Waals surface area contributed by atoms with E-state index in [1.165, 1.54) is 11.1 Å². The van der Waals surface area contributed by atoms with Crippen molar-refractivity contribution >= 4 is 11.9 Å². The smallest absolute Gasteiger partial charge is 0.241 e. The molecule has 8 heteroatoms. The number of piperazine rings is 1. The number of hydrogen-bond acceptors (Lipinski definition) is 7. The molecule has 5 rings (SSSR count). The molecule has 3 heterocycles. The fourth-order valence-electron chi connectivity index (χ4n) is 4.80. The van der Waals surface area contributed by atoms with Crippen molar-refractivity contribution in [3.05, 3.63) is 47.8 Å². The summed E-state index contributed by atoms with van der Waals surface area (Å²) in [6, 6.07) is 8.05. The standard InChI is InChI=1S/C21H26N6O2/c1-29-15-4-6-16-14(13-15)3-5-17-18(16)24-25-19(17)20(28)26-9-11-27(12-10-26)21-22-7-2-8-23-21/h2,4,6-8,13,17-19,24-25H,3,5,9-12H2,1H3. The van der Waals surface area contributed by atoms with Gasteiger partial charge < -0.3 is 14.5 Å². The minimum Gasteiger partial charge on any atom is -0.497 e. The van der Waals surface area contributed by atoms with Gasteiger partial charge in [0, 0.05) is 44.5 Å². The molecule has 3 unspecified atom stereocenters. The lowest BCUT2D eigenvalue weighted by molar-refractivity contribution is -0.134. The normalized spacial score (nSPS) is 26.0. The Balaban J connectivity index is 1.25. The first-order chi connectivity index (χ1) is 14.2. The van der Waals surface area contributed by atoms with Gasteiger partial charge in [-0.05, 0) is 42.2 Å². The predicted molar refractivity (Wildman–Crippen MR) is 108 cm³/mol. The zero-order valence-corrected chi connectivity index (χ0v) is 16.5. The number of methoxy groups -OCH3 is 1. The van der Waals surface area contributed by atoms with Crippen LogP contribution in [0.4, 0.5) is 5.95 Å². The van der Waals surface area contributed by atoms with Gasteiger partial charge in [0.15, 0.2) is 0 Å². The maximum absolute atomic E-state index is 13.3. The van der Waals surface area contributed by atoms with Gasteiger partial charge in [0.2, 0.25) is 11.9 Å². The van der Waals surface area contributed by atoms with Crippen LogP contribution in [-0.4, -0.2) is 60.1 Å². The summed E-state index contributed by atoms with van der Waals surface area (Å²) >= 11 is 0. The zero-order chi connectivity index (χ0) is 19.8. The van der Waals surface area contributed by atoms with Crippen molar-refractivity contribution in [1.29, 1.82) is 0 Å². The van der Waals surface area contributed by atoms with Gasteiger partial charge in [-0.25, -0.2) is 20.8 Å². The highest BCUT2D eigenvalue weighted by Gasteiger charge is 2.45. The number of hydrazine groups is 1. The van der Waals surface area contributed by atoms with Crippen molar-refractivity contribution < 1.29 is 9.53 Å². The molecule has 0 saturated carbocycles. The van der Waals surface area contributed by atoms with Gasteiger partial charge in [-0.1, -0.05) is 6.07 Å². The van der Waals surface area contributed by atoms with Crippen LogP contribution >= 0.6 is 0 Å². The van der Waals surface area contributed by atoms with E-state index in [1.807, 2.05) is 17.0 Å². The number of anilines is 1. The van der Waals surface area contributed by atoms with E-state index in [4.69, 9.17) is 4.74 Å². The van der Waals surface area contributed by atoms with Crippen molar-refractivity contribution in [2.75, 3.05) is 38.2 Å². The predicted octanol–water partition coefficient (Wildman–Crippen LogP) is 0.914. The summed E-state index contributed by atoms with van der Waals surface area (Å²) < 4.78 is 5.36. The average Bonchev–Trinajstić information content (AvgIpc) is 3.23. The van der Waals surface area contributed by atoms with Gasteiger partial charge in [0.05, 0.1) is 13.2 Å². The average molecular weight is 394 g/mol. The Hall–Kier alpha value is -2.71. The maximum Gasteiger partial charge on any atom is 0.241 e. The number of nitrogens with one attached hydrogen (secondary N) is 2. The van der Waals surface area contributed by atoms with Crippen molar-refractivity contribution in [2.45, 2.75) is 24.9 Å². The molecule has 1 aliphatic carbocycles. The molecule has 1 aromatic carbocycles. The molecule has 3 atom stereocenters. The van der Waals surface area contributed by atoms with Crippen molar-refractivity contribution in [2.24, 2.45) is 5.92 Å². The van der Waals surface area contributed by atoms with Crippen molar-refractivity contribution in [3.63, 3.8) is 0 Å². The SMILES string of the molecule is COc1ccc2c(c1)CCC1C(C(=O)N3CCN(c4ncccn4)CC3)NNC21. The molecule has 29 heavy (non-hydrogen) atoms. The van der Waals surface area contributed by atoms with Gasteiger partial charge in [-0.2, -0.15) is 0 Å². The van der Waals surface area contributed by atoms with Gasteiger partial charge in [0.1, 0.15) is 11.8 Å². The molecule has 0 radical (unpaired) electrons. The molecule has 3 aliphatic rings. The second kappa shape index (κ2) is 7.61. The Kier molecular flexibility index (Phi) is 4.81. The van der Waals surface area contributed by atoms with Crippen LogP contribution in [0.1, 0.15) is 23.6 Å². The van der Waals surface area contributed by atoms with Crippen LogP contribution in [0.15, 0.2) is 36.7 Å². The lowest BCUT2D eigenvalue weighted by atomic mass is 9.77. The number of aryl methyl sites for hydroxylation is 1. The molecule has 2 aromatic rings. The molecule has 0 spiro atoms. The highest BCUT2D eigenvalue weighted by atomic mass is 16.5. The van der Waals surface area contributed by atoms with E-state index in [1.54, 1.807) is 19.5 Å². The topological polar surface area (TPSA) is 82.6 Å². The zero-order valence-electron chi connectivity index (χ0n) is 16.5. The lowest BCUT2D eigenvalue weighted by Crippen LogP contribution is -2.55. The second-order valence-corrected chi connectivity index (χ2v) is 7.87. The summed E-state index contributed by atoms with van der Waals surface area (Å²) in [5, 5.41) is 0. The molecule has 1 aromatic heterocycles. The summed E-state index contributed by atoms with van der Waals surface area (Å²) in [5.74, 6) is 2.08. The number of fused-ring (bicyclic) bond motifs is 3. The highest BCUT2D eigenvalue weighted by molar-refractivity contribution is 5.83. The van der Waals surface area contributed by atoms with Crippen LogP contribution in [0.5, 0.6) is 5.75 Å². The van der Waals surface area contributed by atoms with E-state index in [0.717, 1.165) is 37.6 Å². The van der Waals surface area contributed by atoms with Crippen molar-refractivity contribution in [1.82, 2.24) is 25.7 Å². The summed E-state index contributed by atoms with van der Waals surface area (Å²) in [6.07, 6.45) is 5.47. The second-order valence-electron chi connectivity index (χ2n) is 7.87. The largest absolute Gasteiger partial charge is 0.497 e. The number of nitrogens with zero attached hydrogens (tertiary/aromatic N) is 4. The Bertz CT molecular complexity index is 884. The third kappa shape index (κ3) is 3.32. The first-order valence-electron chi connectivity index (χ1n) is 10.2. The molecule has 0 bridgehead atoms. The maximum atomic E-state index is 13.3. The Labute approximate surface area is 170 Å². The van der Waals surface area contributed by atoms with Crippen LogP contribution in [0.2, 0.25) is 0 Å². The minimum absolute atomic E-state index is 0.164. The number of rotatable bonds is 3. The molecular weight excluding hydrogens is 368 g/mol. The molecule has 2 aliphatic heterocycles. The van der Waals surface area contributed by atoms with Crippen LogP contribution in [0.3, 0.4) is 0 Å². The number of amides is 1. The van der Waals surface area contributed by atoms with E-state index >= 15 is 0 Å². The minimum atomic E-state index is -0.185. The summed E-state index contributed by atoms with van der Waals surface area (Å²) in [7, 11) is 1.70. The van der Waals surface area contributed by atoms with Gasteiger partial charge >= 0.3 is 0 Å². The summed E-state index contributed by atoms with van der Waals surface area (Å²) in [4.78, 5) is 26.0. The molecule has 2 saturated heterocycles. The molecule has 2 fully saturated rings. The lowest BCUT2D eigenvalue weighted by Gasteiger charge is -2.37. The van der Waals surface area contributed by atoms with E-state index < -0.39 is 0 Å². The Morgan fingerprint density at radius 2 is 1.93 bits per heavy atom. The number of carbonyl (C=O) groups excluding carboxylic acids is 1. The first-order valence-corrected chi connectivity index (χ1v) is 10.2.